The van der Waals surface area contributed by atoms with Gasteiger partial charge in [-0.3, -0.25) is 4.79 Å². The molecule has 118 valence electrons. The monoisotopic (exact) mass is 336 g/mol. The third-order valence-corrected chi connectivity index (χ3v) is 4.95. The largest absolute Gasteiger partial charge is 0.360 e. The van der Waals surface area contributed by atoms with Crippen LogP contribution in [-0.4, -0.2) is 28.4 Å². The molecule has 0 aliphatic rings. The van der Waals surface area contributed by atoms with Crippen LogP contribution in [0.2, 0.25) is 0 Å². The van der Waals surface area contributed by atoms with Crippen molar-refractivity contribution in [3.8, 4) is 0 Å². The highest BCUT2D eigenvalue weighted by Crippen LogP contribution is 2.25. The zero-order chi connectivity index (χ0) is 15.8. The Morgan fingerprint density at radius 2 is 2.09 bits per heavy atom. The first-order valence-electron chi connectivity index (χ1n) is 7.30. The summed E-state index contributed by atoms with van der Waals surface area (Å²) >= 11 is 2.89. The molecular formula is C15H20N4OS2. The number of benzene rings is 1. The average molecular weight is 336 g/mol. The zero-order valence-electron chi connectivity index (χ0n) is 12.8. The molecule has 7 heteroatoms. The van der Waals surface area contributed by atoms with Gasteiger partial charge >= 0.3 is 0 Å². The lowest BCUT2D eigenvalue weighted by atomic mass is 10.1. The maximum atomic E-state index is 12.0. The number of carbonyl (C=O) groups is 1. The van der Waals surface area contributed by atoms with Gasteiger partial charge in [-0.25, -0.2) is 0 Å². The molecule has 0 bridgehead atoms. The zero-order valence-corrected chi connectivity index (χ0v) is 14.4. The predicted molar refractivity (Wildman–Crippen MR) is 93.9 cm³/mol. The van der Waals surface area contributed by atoms with Crippen molar-refractivity contribution in [1.29, 1.82) is 0 Å². The van der Waals surface area contributed by atoms with Crippen LogP contribution < -0.4 is 10.6 Å². The molecule has 1 heterocycles. The fourth-order valence-electron chi connectivity index (χ4n) is 1.84. The van der Waals surface area contributed by atoms with E-state index in [1.807, 2.05) is 24.3 Å². The molecular weight excluding hydrogens is 316 g/mol. The Balaban J connectivity index is 1.83. The molecule has 0 aliphatic heterocycles. The van der Waals surface area contributed by atoms with Crippen molar-refractivity contribution < 1.29 is 4.79 Å². The van der Waals surface area contributed by atoms with Crippen LogP contribution in [0.3, 0.4) is 0 Å². The number of para-hydroxylation sites is 1. The van der Waals surface area contributed by atoms with Gasteiger partial charge in [-0.1, -0.05) is 55.1 Å². The number of nitrogens with one attached hydrogen (secondary N) is 2. The summed E-state index contributed by atoms with van der Waals surface area (Å²) in [5, 5.41) is 15.1. The number of amides is 1. The molecule has 1 aromatic heterocycles. The van der Waals surface area contributed by atoms with Crippen LogP contribution in [0.4, 0.5) is 10.8 Å². The van der Waals surface area contributed by atoms with E-state index in [-0.39, 0.29) is 5.91 Å². The molecule has 5 nitrogen and oxygen atoms in total. The van der Waals surface area contributed by atoms with Crippen molar-refractivity contribution in [3.63, 3.8) is 0 Å². The summed E-state index contributed by atoms with van der Waals surface area (Å²) in [5.74, 6) is 0.310. The van der Waals surface area contributed by atoms with E-state index in [0.29, 0.717) is 5.75 Å². The average Bonchev–Trinajstić information content (AvgIpc) is 2.99. The third kappa shape index (κ3) is 4.99. The van der Waals surface area contributed by atoms with Gasteiger partial charge in [-0.05, 0) is 24.5 Å². The van der Waals surface area contributed by atoms with E-state index in [1.54, 1.807) is 0 Å². The highest BCUT2D eigenvalue weighted by molar-refractivity contribution is 8.01. The van der Waals surface area contributed by atoms with E-state index in [2.05, 4.69) is 34.7 Å². The van der Waals surface area contributed by atoms with Crippen LogP contribution in [-0.2, 0) is 11.2 Å². The highest BCUT2D eigenvalue weighted by atomic mass is 32.2. The van der Waals surface area contributed by atoms with E-state index in [4.69, 9.17) is 0 Å². The SMILES string of the molecule is CCCNc1nnc(SCC(=O)Nc2ccccc2CC)s1. The first kappa shape index (κ1) is 16.8. The van der Waals surface area contributed by atoms with E-state index in [1.165, 1.54) is 23.1 Å². The summed E-state index contributed by atoms with van der Waals surface area (Å²) in [6.07, 6.45) is 1.94. The van der Waals surface area contributed by atoms with Crippen molar-refractivity contribution in [2.75, 3.05) is 22.9 Å². The van der Waals surface area contributed by atoms with Gasteiger partial charge in [0.1, 0.15) is 0 Å². The molecule has 2 rings (SSSR count). The molecule has 1 aromatic carbocycles. The van der Waals surface area contributed by atoms with Crippen molar-refractivity contribution in [2.45, 2.75) is 31.0 Å². The van der Waals surface area contributed by atoms with Gasteiger partial charge in [-0.15, -0.1) is 10.2 Å². The van der Waals surface area contributed by atoms with E-state index in [0.717, 1.165) is 40.1 Å². The molecule has 0 saturated carbocycles. The number of rotatable bonds is 8. The number of anilines is 2. The van der Waals surface area contributed by atoms with Crippen molar-refractivity contribution in [3.05, 3.63) is 29.8 Å². The van der Waals surface area contributed by atoms with Crippen molar-refractivity contribution in [2.24, 2.45) is 0 Å². The number of aryl methyl sites for hydroxylation is 1. The second kappa shape index (κ2) is 8.75. The smallest absolute Gasteiger partial charge is 0.234 e. The Bertz CT molecular complexity index is 615. The second-order valence-corrected chi connectivity index (χ2v) is 6.85. The Morgan fingerprint density at radius 1 is 1.27 bits per heavy atom. The Labute approximate surface area is 138 Å². The van der Waals surface area contributed by atoms with Crippen molar-refractivity contribution >= 4 is 39.8 Å². The number of thioether (sulfide) groups is 1. The number of aromatic nitrogens is 2. The lowest BCUT2D eigenvalue weighted by Crippen LogP contribution is -2.15. The van der Waals surface area contributed by atoms with Crippen molar-refractivity contribution in [1.82, 2.24) is 10.2 Å². The molecule has 0 unspecified atom stereocenters. The predicted octanol–water partition coefficient (Wildman–Crippen LogP) is 3.65. The van der Waals surface area contributed by atoms with E-state index in [9.17, 15) is 4.79 Å². The standard InChI is InChI=1S/C15H20N4OS2/c1-3-9-16-14-18-19-15(22-14)21-10-13(20)17-12-8-6-5-7-11(12)4-2/h5-8H,3-4,9-10H2,1-2H3,(H,16,18)(H,17,20). The minimum absolute atomic E-state index is 0.0239. The third-order valence-electron chi connectivity index (χ3n) is 2.93. The molecule has 0 saturated heterocycles. The lowest BCUT2D eigenvalue weighted by Gasteiger charge is -2.08. The molecule has 0 spiro atoms. The maximum Gasteiger partial charge on any atom is 0.234 e. The van der Waals surface area contributed by atoms with Gasteiger partial charge in [0.05, 0.1) is 5.75 Å². The van der Waals surface area contributed by atoms with Crippen LogP contribution in [0.1, 0.15) is 25.8 Å². The molecule has 2 N–H and O–H groups in total. The number of hydrogen-bond acceptors (Lipinski definition) is 6. The van der Waals surface area contributed by atoms with Gasteiger partial charge in [0, 0.05) is 12.2 Å². The lowest BCUT2D eigenvalue weighted by molar-refractivity contribution is -0.113. The summed E-state index contributed by atoms with van der Waals surface area (Å²) < 4.78 is 0.803. The van der Waals surface area contributed by atoms with Crippen LogP contribution in [0.15, 0.2) is 28.6 Å². The van der Waals surface area contributed by atoms with Gasteiger partial charge < -0.3 is 10.6 Å². The second-order valence-electron chi connectivity index (χ2n) is 4.65. The fraction of sp³-hybridized carbons (Fsp3) is 0.400. The maximum absolute atomic E-state index is 12.0. The Kier molecular flexibility index (Phi) is 6.67. The Hall–Kier alpha value is -1.60. The topological polar surface area (TPSA) is 66.9 Å². The number of carbonyl (C=O) groups excluding carboxylic acids is 1. The van der Waals surface area contributed by atoms with E-state index < -0.39 is 0 Å². The normalized spacial score (nSPS) is 10.5. The molecule has 1 amide bonds. The van der Waals surface area contributed by atoms with Gasteiger partial charge in [-0.2, -0.15) is 0 Å². The molecule has 0 fully saturated rings. The first-order chi connectivity index (χ1) is 10.7. The summed E-state index contributed by atoms with van der Waals surface area (Å²) in [6.45, 7) is 5.06. The Morgan fingerprint density at radius 3 is 2.86 bits per heavy atom. The molecule has 0 radical (unpaired) electrons. The summed E-state index contributed by atoms with van der Waals surface area (Å²) in [6, 6.07) is 7.87. The number of nitrogens with zero attached hydrogens (tertiary/aromatic N) is 2. The summed E-state index contributed by atoms with van der Waals surface area (Å²) in [4.78, 5) is 12.0. The molecule has 2 aromatic rings. The molecule has 0 aliphatic carbocycles. The minimum atomic E-state index is -0.0239. The summed E-state index contributed by atoms with van der Waals surface area (Å²) in [5.41, 5.74) is 2.03. The fourth-order valence-corrected chi connectivity index (χ4v) is 3.41. The van der Waals surface area contributed by atoms with Crippen LogP contribution in [0.25, 0.3) is 0 Å². The van der Waals surface area contributed by atoms with Crippen LogP contribution in [0, 0.1) is 0 Å². The van der Waals surface area contributed by atoms with Gasteiger partial charge in [0.15, 0.2) is 4.34 Å². The number of hydrogen-bond donors (Lipinski definition) is 2. The highest BCUT2D eigenvalue weighted by Gasteiger charge is 2.09. The quantitative estimate of drug-likeness (QED) is 0.720. The van der Waals surface area contributed by atoms with E-state index >= 15 is 0 Å². The van der Waals surface area contributed by atoms with Crippen LogP contribution in [0.5, 0.6) is 0 Å². The minimum Gasteiger partial charge on any atom is -0.360 e. The summed E-state index contributed by atoms with van der Waals surface area (Å²) in [7, 11) is 0. The molecule has 22 heavy (non-hydrogen) atoms. The van der Waals surface area contributed by atoms with Gasteiger partial charge in [0.2, 0.25) is 11.0 Å². The van der Waals surface area contributed by atoms with Gasteiger partial charge in [0.25, 0.3) is 0 Å². The van der Waals surface area contributed by atoms with Crippen LogP contribution >= 0.6 is 23.1 Å². The molecule has 0 atom stereocenters. The first-order valence-corrected chi connectivity index (χ1v) is 9.11.